The lowest BCUT2D eigenvalue weighted by Gasteiger charge is -2.64. The molecule has 1 aromatic carbocycles. The summed E-state index contributed by atoms with van der Waals surface area (Å²) in [6, 6.07) is 10.8. The van der Waals surface area contributed by atoms with Crippen molar-refractivity contribution < 1.29 is 14.2 Å². The molecule has 7 heteroatoms. The second-order valence-electron chi connectivity index (χ2n) is 15.8. The molecule has 0 aromatic heterocycles. The zero-order chi connectivity index (χ0) is 32.0. The molecule has 0 heterocycles. The predicted molar refractivity (Wildman–Crippen MR) is 184 cm³/mol. The van der Waals surface area contributed by atoms with Gasteiger partial charge in [-0.2, -0.15) is 0 Å². The van der Waals surface area contributed by atoms with Gasteiger partial charge in [-0.3, -0.25) is 0 Å². The van der Waals surface area contributed by atoms with Gasteiger partial charge in [0.2, 0.25) is 0 Å². The minimum atomic E-state index is 0.140. The molecular formula is C38H66N4O3. The molecular weight excluding hydrogens is 560 g/mol. The number of hydrogen-bond acceptors (Lipinski definition) is 7. The third-order valence-electron chi connectivity index (χ3n) is 13.3. The van der Waals surface area contributed by atoms with Gasteiger partial charge in [0, 0.05) is 31.6 Å². The predicted octanol–water partition coefficient (Wildman–Crippen LogP) is 5.45. The summed E-state index contributed by atoms with van der Waals surface area (Å²) in [4.78, 5) is 2.48. The lowest BCUT2D eigenvalue weighted by molar-refractivity contribution is -0.226. The maximum atomic E-state index is 6.87. The van der Waals surface area contributed by atoms with Crippen LogP contribution in [-0.2, 0) is 20.8 Å². The highest BCUT2D eigenvalue weighted by Gasteiger charge is 2.66. The molecule has 0 aliphatic heterocycles. The first-order chi connectivity index (χ1) is 21.8. The quantitative estimate of drug-likeness (QED) is 0.224. The average molecular weight is 627 g/mol. The minimum absolute atomic E-state index is 0.140. The van der Waals surface area contributed by atoms with E-state index in [2.05, 4.69) is 63.1 Å². The Morgan fingerprint density at radius 1 is 0.867 bits per heavy atom. The zero-order valence-electron chi connectivity index (χ0n) is 29.0. The fraction of sp³-hybridized carbons (Fsp3) is 0.842. The highest BCUT2D eigenvalue weighted by molar-refractivity contribution is 5.16. The Bertz CT molecular complexity index is 1030. The van der Waals surface area contributed by atoms with Crippen LogP contribution >= 0.6 is 0 Å². The molecule has 4 aliphatic rings. The van der Waals surface area contributed by atoms with Crippen molar-refractivity contribution in [1.82, 2.24) is 4.90 Å². The lowest BCUT2D eigenvalue weighted by atomic mass is 9.43. The fourth-order valence-electron chi connectivity index (χ4n) is 11.2. The molecule has 0 spiro atoms. The molecule has 4 fully saturated rings. The number of rotatable bonds is 16. The molecule has 45 heavy (non-hydrogen) atoms. The Morgan fingerprint density at radius 3 is 2.31 bits per heavy atom. The number of nitrogens with zero attached hydrogens (tertiary/aromatic N) is 1. The average Bonchev–Trinajstić information content (AvgIpc) is 3.40. The van der Waals surface area contributed by atoms with Crippen LogP contribution < -0.4 is 17.2 Å². The number of fused-ring (bicyclic) bond motifs is 5. The van der Waals surface area contributed by atoms with Gasteiger partial charge >= 0.3 is 0 Å². The summed E-state index contributed by atoms with van der Waals surface area (Å²) in [6.07, 6.45) is 11.7. The van der Waals surface area contributed by atoms with Crippen molar-refractivity contribution in [1.29, 1.82) is 0 Å². The van der Waals surface area contributed by atoms with Gasteiger partial charge in [-0.15, -0.1) is 0 Å². The van der Waals surface area contributed by atoms with Gasteiger partial charge < -0.3 is 36.3 Å². The van der Waals surface area contributed by atoms with Crippen LogP contribution in [-0.4, -0.2) is 76.3 Å². The Hall–Kier alpha value is -1.06. The van der Waals surface area contributed by atoms with Crippen LogP contribution in [0.3, 0.4) is 0 Å². The van der Waals surface area contributed by atoms with Crippen molar-refractivity contribution >= 4 is 0 Å². The zero-order valence-corrected chi connectivity index (χ0v) is 29.0. The number of hydrogen-bond donors (Lipinski definition) is 3. The van der Waals surface area contributed by atoms with Crippen molar-refractivity contribution in [2.24, 2.45) is 63.5 Å². The van der Waals surface area contributed by atoms with Crippen LogP contribution in [0.2, 0.25) is 0 Å². The normalized spacial score (nSPS) is 38.5. The molecule has 0 amide bonds. The van der Waals surface area contributed by atoms with E-state index in [4.69, 9.17) is 31.4 Å². The van der Waals surface area contributed by atoms with E-state index in [0.29, 0.717) is 81.1 Å². The summed E-state index contributed by atoms with van der Waals surface area (Å²) < 4.78 is 19.9. The summed E-state index contributed by atoms with van der Waals surface area (Å²) in [5, 5.41) is 0. The molecule has 0 bridgehead atoms. The largest absolute Gasteiger partial charge is 0.377 e. The second kappa shape index (κ2) is 15.9. The van der Waals surface area contributed by atoms with Crippen molar-refractivity contribution in [2.75, 3.05) is 53.0 Å². The summed E-state index contributed by atoms with van der Waals surface area (Å²) in [5.74, 6) is 3.69. The Labute approximate surface area is 274 Å². The standard InChI is InChI=1S/C38H66N4O3/c1-27(9-8-19-42(4)26-28-10-6-5-7-11-28)31-12-13-32-36-33(25-35(38(31,32)3)45-22-18-41)37(2)15-14-30(43-20-16-39)23-29(37)24-34(36)44-21-17-40/h5-7,10-11,27,29-36H,8-9,12-26,39-41H2,1-4H3/t27-,29?,30-,31-,32+,33+,34-,35+,36?,37?,38-/m1/s1. The van der Waals surface area contributed by atoms with E-state index in [-0.39, 0.29) is 23.0 Å². The number of nitrogens with two attached hydrogens (primary N) is 3. The summed E-state index contributed by atoms with van der Waals surface area (Å²) in [6.45, 7) is 13.6. The van der Waals surface area contributed by atoms with E-state index >= 15 is 0 Å². The molecule has 7 nitrogen and oxygen atoms in total. The lowest BCUT2D eigenvalue weighted by Crippen LogP contribution is -2.63. The maximum Gasteiger partial charge on any atom is 0.0637 e. The highest BCUT2D eigenvalue weighted by atomic mass is 16.5. The Balaban J connectivity index is 1.33. The van der Waals surface area contributed by atoms with E-state index < -0.39 is 0 Å². The van der Waals surface area contributed by atoms with Gasteiger partial charge in [-0.25, -0.2) is 0 Å². The van der Waals surface area contributed by atoms with Crippen LogP contribution in [0.25, 0.3) is 0 Å². The molecule has 256 valence electrons. The van der Waals surface area contributed by atoms with E-state index in [1.807, 2.05) is 0 Å². The Morgan fingerprint density at radius 2 is 1.58 bits per heavy atom. The van der Waals surface area contributed by atoms with E-state index in [9.17, 15) is 0 Å². The van der Waals surface area contributed by atoms with Gasteiger partial charge in [-0.05, 0) is 118 Å². The van der Waals surface area contributed by atoms with E-state index in [0.717, 1.165) is 38.8 Å². The molecule has 4 aliphatic carbocycles. The summed E-state index contributed by atoms with van der Waals surface area (Å²) in [5.41, 5.74) is 19.7. The molecule has 3 unspecified atom stereocenters. The maximum absolute atomic E-state index is 6.87. The van der Waals surface area contributed by atoms with Crippen LogP contribution in [0.5, 0.6) is 0 Å². The highest BCUT2D eigenvalue weighted by Crippen LogP contribution is 2.69. The first kappa shape index (κ1) is 35.3. The first-order valence-electron chi connectivity index (χ1n) is 18.4. The summed E-state index contributed by atoms with van der Waals surface area (Å²) in [7, 11) is 2.26. The number of benzene rings is 1. The van der Waals surface area contributed by atoms with Gasteiger partial charge in [0.1, 0.15) is 0 Å². The first-order valence-corrected chi connectivity index (χ1v) is 18.4. The monoisotopic (exact) mass is 627 g/mol. The van der Waals surface area contributed by atoms with Crippen LogP contribution in [0.4, 0.5) is 0 Å². The topological polar surface area (TPSA) is 109 Å². The van der Waals surface area contributed by atoms with Crippen LogP contribution in [0.15, 0.2) is 30.3 Å². The molecule has 1 aromatic rings. The van der Waals surface area contributed by atoms with Gasteiger partial charge in [0.25, 0.3) is 0 Å². The smallest absolute Gasteiger partial charge is 0.0637 e. The second-order valence-corrected chi connectivity index (χ2v) is 15.8. The minimum Gasteiger partial charge on any atom is -0.377 e. The van der Waals surface area contributed by atoms with Gasteiger partial charge in [-0.1, -0.05) is 51.1 Å². The van der Waals surface area contributed by atoms with Crippen molar-refractivity contribution in [3.8, 4) is 0 Å². The molecule has 11 atom stereocenters. The van der Waals surface area contributed by atoms with E-state index in [1.54, 1.807) is 0 Å². The molecule has 4 saturated carbocycles. The van der Waals surface area contributed by atoms with Crippen LogP contribution in [0.1, 0.15) is 84.1 Å². The van der Waals surface area contributed by atoms with Gasteiger partial charge in [0.15, 0.2) is 0 Å². The number of ether oxygens (including phenoxy) is 3. The van der Waals surface area contributed by atoms with Crippen molar-refractivity contribution in [3.05, 3.63) is 35.9 Å². The third kappa shape index (κ3) is 7.50. The third-order valence-corrected chi connectivity index (χ3v) is 13.3. The molecule has 0 radical (unpaired) electrons. The van der Waals surface area contributed by atoms with Crippen LogP contribution in [0, 0.1) is 46.3 Å². The molecule has 6 N–H and O–H groups in total. The van der Waals surface area contributed by atoms with E-state index in [1.165, 1.54) is 37.7 Å². The SMILES string of the molecule is C[C@H](CCCN(C)Cc1ccccc1)[C@H]1CC[C@H]2C3[C@H](OCCN)CC4C[C@H](OCCN)CCC4(C)[C@H]3C[C@H](OCCN)[C@]12C. The Kier molecular flexibility index (Phi) is 12.4. The van der Waals surface area contributed by atoms with Gasteiger partial charge in [0.05, 0.1) is 38.1 Å². The summed E-state index contributed by atoms with van der Waals surface area (Å²) >= 11 is 0. The molecule has 0 saturated heterocycles. The fourth-order valence-corrected chi connectivity index (χ4v) is 11.2. The molecule has 5 rings (SSSR count). The van der Waals surface area contributed by atoms with Crippen molar-refractivity contribution in [3.63, 3.8) is 0 Å². The van der Waals surface area contributed by atoms with Crippen molar-refractivity contribution in [2.45, 2.75) is 103 Å².